The molecule has 198 valence electrons. The van der Waals surface area contributed by atoms with Gasteiger partial charge in [0.05, 0.1) is 18.6 Å². The van der Waals surface area contributed by atoms with E-state index < -0.39 is 16.1 Å². The largest absolute Gasteiger partial charge is 0.492 e. The Morgan fingerprint density at radius 2 is 1.69 bits per heavy atom. The van der Waals surface area contributed by atoms with Crippen LogP contribution in [0.3, 0.4) is 0 Å². The van der Waals surface area contributed by atoms with E-state index in [0.29, 0.717) is 23.1 Å². The summed E-state index contributed by atoms with van der Waals surface area (Å²) in [5.74, 6) is -0.0429. The minimum Gasteiger partial charge on any atom is -0.492 e. The van der Waals surface area contributed by atoms with Crippen LogP contribution in [0.1, 0.15) is 46.1 Å². The Hall–Kier alpha value is -2.78. The number of para-hydroxylation sites is 2. The average Bonchev–Trinajstić information content (AvgIpc) is 2.80. The summed E-state index contributed by atoms with van der Waals surface area (Å²) in [5.41, 5.74) is 1.26. The highest BCUT2D eigenvalue weighted by molar-refractivity contribution is 7.92. The van der Waals surface area contributed by atoms with Gasteiger partial charge < -0.3 is 15.0 Å². The van der Waals surface area contributed by atoms with Crippen LogP contribution in [0.15, 0.2) is 48.5 Å². The van der Waals surface area contributed by atoms with E-state index in [9.17, 15) is 18.0 Å². The Bertz CT molecular complexity index is 1120. The van der Waals surface area contributed by atoms with Gasteiger partial charge in [-0.05, 0) is 63.9 Å². The number of nitrogens with zero attached hydrogens (tertiary/aromatic N) is 2. The quantitative estimate of drug-likeness (QED) is 0.412. The van der Waals surface area contributed by atoms with Crippen molar-refractivity contribution in [3.8, 4) is 5.75 Å². The lowest BCUT2D eigenvalue weighted by atomic mass is 10.1. The zero-order chi connectivity index (χ0) is 26.9. The molecule has 0 aliphatic rings. The molecule has 0 spiro atoms. The number of hydrogen-bond acceptors (Lipinski definition) is 5. The second-order valence-corrected chi connectivity index (χ2v) is 11.2. The molecule has 2 amide bonds. The zero-order valence-corrected chi connectivity index (χ0v) is 23.1. The molecule has 0 aliphatic heterocycles. The number of anilines is 1. The lowest BCUT2D eigenvalue weighted by Gasteiger charge is -2.30. The number of carbonyl (C=O) groups excluding carboxylic acids is 2. The topological polar surface area (TPSA) is 96.0 Å². The van der Waals surface area contributed by atoms with Crippen LogP contribution in [0, 0.1) is 0 Å². The molecule has 0 saturated heterocycles. The van der Waals surface area contributed by atoms with Gasteiger partial charge in [0.15, 0.2) is 0 Å². The molecular formula is C26H36ClN3O5S. The molecule has 10 heteroatoms. The number of hydrogen-bond donors (Lipinski definition) is 1. The molecule has 0 radical (unpaired) electrons. The first-order chi connectivity index (χ1) is 16.9. The van der Waals surface area contributed by atoms with Crippen molar-refractivity contribution in [2.45, 2.75) is 59.2 Å². The Morgan fingerprint density at radius 1 is 1.06 bits per heavy atom. The predicted molar refractivity (Wildman–Crippen MR) is 144 cm³/mol. The minimum atomic E-state index is -3.62. The molecule has 0 bridgehead atoms. The van der Waals surface area contributed by atoms with E-state index in [4.69, 9.17) is 16.3 Å². The van der Waals surface area contributed by atoms with Crippen LogP contribution in [0.5, 0.6) is 5.75 Å². The lowest BCUT2D eigenvalue weighted by molar-refractivity contribution is -0.140. The molecule has 0 aromatic heterocycles. The second-order valence-electron chi connectivity index (χ2n) is 8.83. The third-order valence-electron chi connectivity index (χ3n) is 5.45. The number of nitrogens with one attached hydrogen (secondary N) is 1. The fourth-order valence-electron chi connectivity index (χ4n) is 3.70. The summed E-state index contributed by atoms with van der Waals surface area (Å²) in [6, 6.07) is 13.2. The maximum atomic E-state index is 13.3. The number of rotatable bonds is 13. The second kappa shape index (κ2) is 13.5. The van der Waals surface area contributed by atoms with Gasteiger partial charge in [-0.2, -0.15) is 0 Å². The predicted octanol–water partition coefficient (Wildman–Crippen LogP) is 4.23. The van der Waals surface area contributed by atoms with E-state index in [1.54, 1.807) is 43.3 Å². The summed E-state index contributed by atoms with van der Waals surface area (Å²) in [6.45, 7) is 7.94. The van der Waals surface area contributed by atoms with E-state index in [1.165, 1.54) is 9.21 Å². The third kappa shape index (κ3) is 8.71. The van der Waals surface area contributed by atoms with Crippen molar-refractivity contribution < 1.29 is 22.7 Å². The van der Waals surface area contributed by atoms with E-state index >= 15 is 0 Å². The number of ether oxygens (including phenoxy) is 1. The first-order valence-electron chi connectivity index (χ1n) is 12.0. The van der Waals surface area contributed by atoms with E-state index in [2.05, 4.69) is 5.32 Å². The molecule has 0 fully saturated rings. The number of halogens is 1. The van der Waals surface area contributed by atoms with Crippen molar-refractivity contribution in [1.82, 2.24) is 10.2 Å². The smallest absolute Gasteiger partial charge is 0.242 e. The number of sulfonamides is 1. The maximum absolute atomic E-state index is 13.3. The average molecular weight is 538 g/mol. The highest BCUT2D eigenvalue weighted by Crippen LogP contribution is 2.30. The third-order valence-corrected chi connectivity index (χ3v) is 6.88. The van der Waals surface area contributed by atoms with E-state index in [1.807, 2.05) is 32.9 Å². The summed E-state index contributed by atoms with van der Waals surface area (Å²) in [4.78, 5) is 27.5. The van der Waals surface area contributed by atoms with Crippen molar-refractivity contribution in [3.63, 3.8) is 0 Å². The van der Waals surface area contributed by atoms with E-state index in [-0.39, 0.29) is 43.8 Å². The highest BCUT2D eigenvalue weighted by Gasteiger charge is 2.27. The van der Waals surface area contributed by atoms with Crippen molar-refractivity contribution in [2.24, 2.45) is 0 Å². The standard InChI is InChI=1S/C26H36ClN3O5S/c1-6-35-24-11-8-7-10-23(24)30(36(5,33)34)17-9-12-25(31)29(20(4)26(32)28-19(2)3)18-21-13-15-22(27)16-14-21/h7-8,10-11,13-16,19-20H,6,9,12,17-18H2,1-5H3,(H,28,32)/t20-/m1/s1. The van der Waals surface area contributed by atoms with Crippen LogP contribution >= 0.6 is 11.6 Å². The van der Waals surface area contributed by atoms with Gasteiger partial charge in [-0.1, -0.05) is 35.9 Å². The molecule has 0 aliphatic carbocycles. The molecule has 2 aromatic rings. The summed E-state index contributed by atoms with van der Waals surface area (Å²) in [6.07, 6.45) is 1.46. The molecule has 2 rings (SSSR count). The Kier molecular flexibility index (Phi) is 11.0. The van der Waals surface area contributed by atoms with Gasteiger partial charge >= 0.3 is 0 Å². The monoisotopic (exact) mass is 537 g/mol. The summed E-state index contributed by atoms with van der Waals surface area (Å²) >= 11 is 5.99. The van der Waals surface area contributed by atoms with Gasteiger partial charge in [0.1, 0.15) is 11.8 Å². The maximum Gasteiger partial charge on any atom is 0.242 e. The normalized spacial score (nSPS) is 12.2. The Balaban J connectivity index is 2.20. The molecule has 2 aromatic carbocycles. The van der Waals surface area contributed by atoms with Gasteiger partial charge in [0.25, 0.3) is 0 Å². The SMILES string of the molecule is CCOc1ccccc1N(CCCC(=O)N(Cc1ccc(Cl)cc1)[C@H](C)C(=O)NC(C)C)S(C)(=O)=O. The Morgan fingerprint density at radius 3 is 2.28 bits per heavy atom. The van der Waals surface area contributed by atoms with Crippen molar-refractivity contribution >= 4 is 39.1 Å². The number of amides is 2. The molecule has 0 saturated carbocycles. The van der Waals surface area contributed by atoms with Gasteiger partial charge in [-0.25, -0.2) is 8.42 Å². The minimum absolute atomic E-state index is 0.0652. The fraction of sp³-hybridized carbons (Fsp3) is 0.462. The molecule has 8 nitrogen and oxygen atoms in total. The van der Waals surface area contributed by atoms with Crippen LogP contribution < -0.4 is 14.4 Å². The van der Waals surface area contributed by atoms with Crippen molar-refractivity contribution in [1.29, 1.82) is 0 Å². The zero-order valence-electron chi connectivity index (χ0n) is 21.5. The molecule has 1 atom stereocenters. The van der Waals surface area contributed by atoms with Crippen LogP contribution in [-0.2, 0) is 26.2 Å². The van der Waals surface area contributed by atoms with Crippen molar-refractivity contribution in [2.75, 3.05) is 23.7 Å². The number of carbonyl (C=O) groups is 2. The van der Waals surface area contributed by atoms with Gasteiger partial charge in [0.2, 0.25) is 21.8 Å². The molecular weight excluding hydrogens is 502 g/mol. The van der Waals surface area contributed by atoms with Gasteiger partial charge in [-0.3, -0.25) is 13.9 Å². The van der Waals surface area contributed by atoms with Gasteiger partial charge in [0, 0.05) is 30.6 Å². The highest BCUT2D eigenvalue weighted by atomic mass is 35.5. The van der Waals surface area contributed by atoms with Crippen LogP contribution in [-0.4, -0.2) is 56.6 Å². The van der Waals surface area contributed by atoms with E-state index in [0.717, 1.165) is 11.8 Å². The first kappa shape index (κ1) is 29.5. The van der Waals surface area contributed by atoms with Gasteiger partial charge in [-0.15, -0.1) is 0 Å². The number of benzene rings is 2. The molecule has 0 heterocycles. The molecule has 1 N–H and O–H groups in total. The fourth-order valence-corrected chi connectivity index (χ4v) is 4.79. The first-order valence-corrected chi connectivity index (χ1v) is 14.2. The Labute approximate surface area is 219 Å². The summed E-state index contributed by atoms with van der Waals surface area (Å²) < 4.78 is 32.0. The van der Waals surface area contributed by atoms with Crippen LogP contribution in [0.4, 0.5) is 5.69 Å². The van der Waals surface area contributed by atoms with Crippen LogP contribution in [0.25, 0.3) is 0 Å². The lowest BCUT2D eigenvalue weighted by Crippen LogP contribution is -2.49. The summed E-state index contributed by atoms with van der Waals surface area (Å²) in [7, 11) is -3.62. The molecule has 36 heavy (non-hydrogen) atoms. The van der Waals surface area contributed by atoms with Crippen LogP contribution in [0.2, 0.25) is 5.02 Å². The van der Waals surface area contributed by atoms with Crippen molar-refractivity contribution in [3.05, 3.63) is 59.1 Å². The summed E-state index contributed by atoms with van der Waals surface area (Å²) in [5, 5.41) is 3.43. The molecule has 0 unspecified atom stereocenters.